The predicted octanol–water partition coefficient (Wildman–Crippen LogP) is 6.24. The van der Waals surface area contributed by atoms with E-state index in [0.29, 0.717) is 10.0 Å². The van der Waals surface area contributed by atoms with Crippen molar-refractivity contribution in [2.75, 3.05) is 0 Å². The summed E-state index contributed by atoms with van der Waals surface area (Å²) >= 11 is 12.1. The Balaban J connectivity index is 2.27. The minimum absolute atomic E-state index is 0.0171. The van der Waals surface area contributed by atoms with E-state index in [9.17, 15) is 4.57 Å². The zero-order valence-electron chi connectivity index (χ0n) is 11.5. The summed E-state index contributed by atoms with van der Waals surface area (Å²) in [4.78, 5) is 0. The van der Waals surface area contributed by atoms with Crippen LogP contribution in [0.5, 0.6) is 0 Å². The Labute approximate surface area is 140 Å². The van der Waals surface area contributed by atoms with Crippen molar-refractivity contribution in [1.82, 2.24) is 0 Å². The van der Waals surface area contributed by atoms with Gasteiger partial charge in [0.2, 0.25) is 0 Å². The number of hydrogen-bond donors (Lipinski definition) is 0. The molecule has 0 saturated carbocycles. The van der Waals surface area contributed by atoms with Gasteiger partial charge in [0.1, 0.15) is 0 Å². The summed E-state index contributed by atoms with van der Waals surface area (Å²) in [5.41, 5.74) is 3.88. The molecule has 0 fully saturated rings. The topological polar surface area (TPSA) is 17.1 Å². The molecular weight excluding hydrogens is 334 g/mol. The Hall–Kier alpha value is -1.66. The zero-order valence-corrected chi connectivity index (χ0v) is 13.9. The second kappa shape index (κ2) is 6.62. The molecule has 0 aliphatic rings. The highest BCUT2D eigenvalue weighted by molar-refractivity contribution is 7.34. The molecule has 0 N–H and O–H groups in total. The molecule has 1 nitrogen and oxygen atoms in total. The molecule has 0 heterocycles. The van der Waals surface area contributed by atoms with Crippen molar-refractivity contribution in [1.29, 1.82) is 0 Å². The molecule has 0 aromatic heterocycles. The first kappa shape index (κ1) is 15.2. The van der Waals surface area contributed by atoms with Crippen molar-refractivity contribution >= 4 is 37.0 Å². The van der Waals surface area contributed by atoms with Gasteiger partial charge in [0, 0.05) is 15.6 Å². The Morgan fingerprint density at radius 1 is 0.727 bits per heavy atom. The summed E-state index contributed by atoms with van der Waals surface area (Å²) in [6.07, 6.45) is 0. The molecule has 3 aromatic carbocycles. The van der Waals surface area contributed by atoms with Crippen LogP contribution in [0.1, 0.15) is 0 Å². The van der Waals surface area contributed by atoms with E-state index in [2.05, 4.69) is 0 Å². The molecule has 0 radical (unpaired) electrons. The van der Waals surface area contributed by atoms with Gasteiger partial charge in [-0.05, 0) is 47.0 Å². The van der Waals surface area contributed by atoms with Crippen LogP contribution in [0, 0.1) is 0 Å². The van der Waals surface area contributed by atoms with Crippen LogP contribution in [-0.2, 0) is 4.57 Å². The van der Waals surface area contributed by atoms with Crippen LogP contribution in [0.4, 0.5) is 0 Å². The van der Waals surface area contributed by atoms with Crippen LogP contribution in [0.2, 0.25) is 10.0 Å². The van der Waals surface area contributed by atoms with Gasteiger partial charge >= 0.3 is 0 Å². The van der Waals surface area contributed by atoms with Crippen LogP contribution in [0.15, 0.2) is 66.7 Å². The fourth-order valence-corrected chi connectivity index (χ4v) is 3.24. The summed E-state index contributed by atoms with van der Waals surface area (Å²) in [6, 6.07) is 20.9. The van der Waals surface area contributed by atoms with Crippen molar-refractivity contribution in [2.45, 2.75) is 0 Å². The van der Waals surface area contributed by atoms with E-state index in [1.807, 2.05) is 66.7 Å². The molecule has 0 aliphatic heterocycles. The molecule has 22 heavy (non-hydrogen) atoms. The van der Waals surface area contributed by atoms with Gasteiger partial charge in [-0.25, -0.2) is 0 Å². The highest BCUT2D eigenvalue weighted by Crippen LogP contribution is 2.34. The molecule has 0 bridgehead atoms. The summed E-state index contributed by atoms with van der Waals surface area (Å²) < 4.78 is 11.6. The van der Waals surface area contributed by atoms with E-state index in [-0.39, 0.29) is 8.46 Å². The molecule has 0 saturated heterocycles. The fraction of sp³-hybridized carbons (Fsp3) is 0. The van der Waals surface area contributed by atoms with Gasteiger partial charge in [-0.1, -0.05) is 59.6 Å². The number of rotatable bonds is 3. The van der Waals surface area contributed by atoms with Gasteiger partial charge in [0.05, 0.1) is 5.30 Å². The van der Waals surface area contributed by atoms with E-state index in [0.717, 1.165) is 27.6 Å². The van der Waals surface area contributed by atoms with Gasteiger partial charge in [-0.15, -0.1) is 0 Å². The average molecular weight is 345 g/mol. The molecule has 0 amide bonds. The van der Waals surface area contributed by atoms with Crippen molar-refractivity contribution < 1.29 is 4.57 Å². The molecule has 0 unspecified atom stereocenters. The maximum atomic E-state index is 11.6. The SMILES string of the molecule is O=Pc1cccc(-c2cccc(Cl)c2)c1-c1ccc(Cl)cc1. The van der Waals surface area contributed by atoms with E-state index in [4.69, 9.17) is 23.2 Å². The first-order chi connectivity index (χ1) is 10.7. The summed E-state index contributed by atoms with van der Waals surface area (Å²) in [7, 11) is -0.0171. The molecule has 108 valence electrons. The van der Waals surface area contributed by atoms with Crippen LogP contribution < -0.4 is 5.30 Å². The lowest BCUT2D eigenvalue weighted by atomic mass is 9.94. The lowest BCUT2D eigenvalue weighted by Gasteiger charge is -2.12. The summed E-state index contributed by atoms with van der Waals surface area (Å²) in [6.45, 7) is 0. The first-order valence-corrected chi connectivity index (χ1v) is 8.24. The van der Waals surface area contributed by atoms with Crippen LogP contribution in [0.25, 0.3) is 22.3 Å². The molecule has 0 spiro atoms. The second-order valence-electron chi connectivity index (χ2n) is 4.81. The zero-order chi connectivity index (χ0) is 15.5. The standard InChI is InChI=1S/C18H11Cl2OP/c19-14-9-7-12(8-10-14)18-16(5-2-6-17(18)22-21)13-3-1-4-15(20)11-13/h1-11H. The Morgan fingerprint density at radius 2 is 1.45 bits per heavy atom. The van der Waals surface area contributed by atoms with Gasteiger partial charge in [0.25, 0.3) is 0 Å². The summed E-state index contributed by atoms with van der Waals surface area (Å²) in [5.74, 6) is 0. The number of halogens is 2. The lowest BCUT2D eigenvalue weighted by molar-refractivity contribution is 0.603. The third-order valence-electron chi connectivity index (χ3n) is 3.41. The molecule has 0 atom stereocenters. The van der Waals surface area contributed by atoms with Gasteiger partial charge in [-0.3, -0.25) is 4.57 Å². The van der Waals surface area contributed by atoms with E-state index < -0.39 is 0 Å². The normalized spacial score (nSPS) is 10.8. The maximum Gasteiger partial charge on any atom is 0.192 e. The van der Waals surface area contributed by atoms with Crippen molar-refractivity contribution in [3.8, 4) is 22.3 Å². The largest absolute Gasteiger partial charge is 0.269 e. The van der Waals surface area contributed by atoms with E-state index in [1.165, 1.54) is 0 Å². The minimum atomic E-state index is -0.0171. The molecule has 0 aliphatic carbocycles. The van der Waals surface area contributed by atoms with E-state index in [1.54, 1.807) is 0 Å². The summed E-state index contributed by atoms with van der Waals surface area (Å²) in [5, 5.41) is 2.08. The smallest absolute Gasteiger partial charge is 0.192 e. The van der Waals surface area contributed by atoms with Crippen molar-refractivity contribution in [2.24, 2.45) is 0 Å². The van der Waals surface area contributed by atoms with Crippen LogP contribution >= 0.6 is 31.7 Å². The minimum Gasteiger partial charge on any atom is -0.269 e. The molecule has 3 rings (SSSR count). The van der Waals surface area contributed by atoms with Crippen molar-refractivity contribution in [3.63, 3.8) is 0 Å². The lowest BCUT2D eigenvalue weighted by Crippen LogP contribution is -2.00. The second-order valence-corrected chi connectivity index (χ2v) is 6.35. The van der Waals surface area contributed by atoms with Gasteiger partial charge in [-0.2, -0.15) is 0 Å². The van der Waals surface area contributed by atoms with Gasteiger partial charge < -0.3 is 0 Å². The van der Waals surface area contributed by atoms with Crippen LogP contribution in [-0.4, -0.2) is 0 Å². The number of hydrogen-bond acceptors (Lipinski definition) is 1. The predicted molar refractivity (Wildman–Crippen MR) is 94.6 cm³/mol. The third-order valence-corrected chi connectivity index (χ3v) is 4.47. The first-order valence-electron chi connectivity index (χ1n) is 6.67. The fourth-order valence-electron chi connectivity index (χ4n) is 2.43. The van der Waals surface area contributed by atoms with Gasteiger partial charge in [0.15, 0.2) is 8.46 Å². The van der Waals surface area contributed by atoms with Crippen LogP contribution in [0.3, 0.4) is 0 Å². The van der Waals surface area contributed by atoms with E-state index >= 15 is 0 Å². The highest BCUT2D eigenvalue weighted by atomic mass is 35.5. The highest BCUT2D eigenvalue weighted by Gasteiger charge is 2.13. The number of benzene rings is 3. The Bertz CT molecular complexity index is 829. The van der Waals surface area contributed by atoms with Crippen molar-refractivity contribution in [3.05, 3.63) is 76.8 Å². The Morgan fingerprint density at radius 3 is 2.14 bits per heavy atom. The third kappa shape index (κ3) is 3.08. The monoisotopic (exact) mass is 344 g/mol. The average Bonchev–Trinajstić information content (AvgIpc) is 2.55. The quantitative estimate of drug-likeness (QED) is 0.513. The molecular formula is C18H11Cl2OP. The molecule has 3 aromatic rings. The Kier molecular flexibility index (Phi) is 4.59. The maximum absolute atomic E-state index is 11.6. The molecule has 4 heteroatoms.